The molecule has 7 heteroatoms. The quantitative estimate of drug-likeness (QED) is 0.561. The Kier molecular flexibility index (Phi) is 7.80. The lowest BCUT2D eigenvalue weighted by molar-refractivity contribution is -0.183. The minimum absolute atomic E-state index is 0.118. The fraction of sp³-hybridized carbons (Fsp3) is 0.650. The summed E-state index contributed by atoms with van der Waals surface area (Å²) in [7, 11) is 3.29. The van der Waals surface area contributed by atoms with Crippen molar-refractivity contribution < 1.29 is 17.9 Å². The number of rotatable bonds is 6. The average Bonchev–Trinajstić information content (AvgIpc) is 2.66. The molecule has 0 bridgehead atoms. The highest BCUT2D eigenvalue weighted by Crippen LogP contribution is 2.37. The maximum absolute atomic E-state index is 13.0. The second-order valence-corrected chi connectivity index (χ2v) is 7.21. The third-order valence-electron chi connectivity index (χ3n) is 5.26. The molecule has 0 aromatic heterocycles. The summed E-state index contributed by atoms with van der Waals surface area (Å²) in [4.78, 5) is 4.16. The number of methoxy groups -OCH3 is 1. The SMILES string of the molecule is CN=C(NCCC(C)c1ccc(OC)cc1)NC1CCCC(C(F)(F)F)C1. The summed E-state index contributed by atoms with van der Waals surface area (Å²) >= 11 is 0. The van der Waals surface area contributed by atoms with E-state index in [1.54, 1.807) is 14.2 Å². The minimum Gasteiger partial charge on any atom is -0.497 e. The van der Waals surface area contributed by atoms with E-state index in [2.05, 4.69) is 34.7 Å². The largest absolute Gasteiger partial charge is 0.497 e. The van der Waals surface area contributed by atoms with Crippen LogP contribution < -0.4 is 15.4 Å². The van der Waals surface area contributed by atoms with Crippen LogP contribution in [0.25, 0.3) is 0 Å². The Balaban J connectivity index is 1.78. The number of nitrogens with zero attached hydrogens (tertiary/aromatic N) is 1. The van der Waals surface area contributed by atoms with E-state index in [0.29, 0.717) is 24.8 Å². The molecule has 0 amide bonds. The van der Waals surface area contributed by atoms with Gasteiger partial charge in [-0.2, -0.15) is 13.2 Å². The molecule has 1 fully saturated rings. The topological polar surface area (TPSA) is 45.7 Å². The van der Waals surface area contributed by atoms with Crippen LogP contribution in [0.1, 0.15) is 50.5 Å². The van der Waals surface area contributed by atoms with Gasteiger partial charge in [0, 0.05) is 19.6 Å². The van der Waals surface area contributed by atoms with Gasteiger partial charge in [-0.1, -0.05) is 25.5 Å². The van der Waals surface area contributed by atoms with Crippen LogP contribution >= 0.6 is 0 Å². The van der Waals surface area contributed by atoms with Crippen LogP contribution in [-0.4, -0.2) is 38.9 Å². The minimum atomic E-state index is -4.11. The van der Waals surface area contributed by atoms with Crippen LogP contribution in [0.2, 0.25) is 0 Å². The predicted molar refractivity (Wildman–Crippen MR) is 102 cm³/mol. The van der Waals surface area contributed by atoms with E-state index in [1.165, 1.54) is 5.56 Å². The first-order valence-electron chi connectivity index (χ1n) is 9.51. The Bertz CT molecular complexity index is 601. The summed E-state index contributed by atoms with van der Waals surface area (Å²) in [5, 5.41) is 6.39. The molecule has 0 saturated heterocycles. The van der Waals surface area contributed by atoms with Crippen molar-refractivity contribution in [3.8, 4) is 5.75 Å². The lowest BCUT2D eigenvalue weighted by Gasteiger charge is -2.32. The van der Waals surface area contributed by atoms with Crippen LogP contribution in [0.3, 0.4) is 0 Å². The van der Waals surface area contributed by atoms with E-state index < -0.39 is 12.1 Å². The molecule has 0 aliphatic heterocycles. The smallest absolute Gasteiger partial charge is 0.391 e. The Morgan fingerprint density at radius 2 is 1.96 bits per heavy atom. The Morgan fingerprint density at radius 3 is 2.56 bits per heavy atom. The van der Waals surface area contributed by atoms with Crippen molar-refractivity contribution in [3.63, 3.8) is 0 Å². The summed E-state index contributed by atoms with van der Waals surface area (Å²) in [6, 6.07) is 7.81. The summed E-state index contributed by atoms with van der Waals surface area (Å²) in [6.07, 6.45) is -1.53. The molecule has 3 unspecified atom stereocenters. The summed E-state index contributed by atoms with van der Waals surface area (Å²) in [5.74, 6) is 0.547. The van der Waals surface area contributed by atoms with Gasteiger partial charge in [0.25, 0.3) is 0 Å². The molecule has 3 atom stereocenters. The van der Waals surface area contributed by atoms with Crippen molar-refractivity contribution in [2.24, 2.45) is 10.9 Å². The zero-order chi connectivity index (χ0) is 19.9. The van der Waals surface area contributed by atoms with Gasteiger partial charge in [0.05, 0.1) is 13.0 Å². The molecule has 27 heavy (non-hydrogen) atoms. The molecule has 0 spiro atoms. The van der Waals surface area contributed by atoms with Gasteiger partial charge in [0.1, 0.15) is 5.75 Å². The second kappa shape index (κ2) is 9.85. The first-order valence-corrected chi connectivity index (χ1v) is 9.51. The fourth-order valence-electron chi connectivity index (χ4n) is 3.51. The number of benzene rings is 1. The van der Waals surface area contributed by atoms with Gasteiger partial charge in [-0.05, 0) is 49.3 Å². The van der Waals surface area contributed by atoms with Gasteiger partial charge >= 0.3 is 6.18 Å². The first-order chi connectivity index (χ1) is 12.8. The van der Waals surface area contributed by atoms with Crippen LogP contribution in [-0.2, 0) is 0 Å². The van der Waals surface area contributed by atoms with Gasteiger partial charge in [-0.15, -0.1) is 0 Å². The number of alkyl halides is 3. The average molecular weight is 385 g/mol. The van der Waals surface area contributed by atoms with Crippen LogP contribution in [0.15, 0.2) is 29.3 Å². The summed E-state index contributed by atoms with van der Waals surface area (Å²) in [6.45, 7) is 2.84. The number of nitrogens with one attached hydrogen (secondary N) is 2. The van der Waals surface area contributed by atoms with Crippen molar-refractivity contribution >= 4 is 5.96 Å². The Hall–Kier alpha value is -1.92. The molecular weight excluding hydrogens is 355 g/mol. The van der Waals surface area contributed by atoms with Crippen molar-refractivity contribution in [2.75, 3.05) is 20.7 Å². The highest BCUT2D eigenvalue weighted by molar-refractivity contribution is 5.79. The predicted octanol–water partition coefficient (Wildman–Crippen LogP) is 4.47. The van der Waals surface area contributed by atoms with Crippen LogP contribution in [0.4, 0.5) is 13.2 Å². The maximum Gasteiger partial charge on any atom is 0.391 e. The lowest BCUT2D eigenvalue weighted by atomic mass is 9.85. The molecule has 1 aromatic carbocycles. The van der Waals surface area contributed by atoms with Crippen molar-refractivity contribution in [3.05, 3.63) is 29.8 Å². The highest BCUT2D eigenvalue weighted by atomic mass is 19.4. The first kappa shape index (κ1) is 21.4. The molecule has 4 nitrogen and oxygen atoms in total. The zero-order valence-electron chi connectivity index (χ0n) is 16.3. The third-order valence-corrected chi connectivity index (χ3v) is 5.26. The van der Waals surface area contributed by atoms with Crippen molar-refractivity contribution in [1.82, 2.24) is 10.6 Å². The molecule has 1 aromatic rings. The molecule has 0 radical (unpaired) electrons. The summed E-state index contributed by atoms with van der Waals surface area (Å²) < 4.78 is 44.0. The molecule has 2 N–H and O–H groups in total. The van der Waals surface area contributed by atoms with E-state index >= 15 is 0 Å². The Morgan fingerprint density at radius 1 is 1.26 bits per heavy atom. The van der Waals surface area contributed by atoms with Crippen molar-refractivity contribution in [1.29, 1.82) is 0 Å². The normalized spacial score (nSPS) is 22.2. The molecule has 1 aliphatic rings. The number of halogens is 3. The van der Waals surface area contributed by atoms with Gasteiger partial charge in [0.2, 0.25) is 0 Å². The lowest BCUT2D eigenvalue weighted by Crippen LogP contribution is -2.47. The molecule has 1 aliphatic carbocycles. The molecular formula is C20H30F3N3O. The molecule has 1 saturated carbocycles. The number of hydrogen-bond donors (Lipinski definition) is 2. The fourth-order valence-corrected chi connectivity index (χ4v) is 3.51. The number of ether oxygens (including phenoxy) is 1. The van der Waals surface area contributed by atoms with Gasteiger partial charge in [-0.3, -0.25) is 4.99 Å². The van der Waals surface area contributed by atoms with Crippen molar-refractivity contribution in [2.45, 2.75) is 57.2 Å². The van der Waals surface area contributed by atoms with E-state index in [-0.39, 0.29) is 18.9 Å². The van der Waals surface area contributed by atoms with E-state index in [1.807, 2.05) is 12.1 Å². The number of hydrogen-bond acceptors (Lipinski definition) is 2. The standard InChI is InChI=1S/C20H30F3N3O/c1-14(15-7-9-18(27-3)10-8-15)11-12-25-19(24-2)26-17-6-4-5-16(13-17)20(21,22)23/h7-10,14,16-17H,4-6,11-13H2,1-3H3,(H2,24,25,26). The van der Waals surface area contributed by atoms with Crippen LogP contribution in [0, 0.1) is 5.92 Å². The molecule has 2 rings (SSSR count). The van der Waals surface area contributed by atoms with Gasteiger partial charge in [0.15, 0.2) is 5.96 Å². The zero-order valence-corrected chi connectivity index (χ0v) is 16.3. The molecule has 0 heterocycles. The van der Waals surface area contributed by atoms with E-state index in [4.69, 9.17) is 4.74 Å². The number of aliphatic imine (C=N–C) groups is 1. The third kappa shape index (κ3) is 6.63. The molecule has 152 valence electrons. The van der Waals surface area contributed by atoms with E-state index in [0.717, 1.165) is 18.6 Å². The second-order valence-electron chi connectivity index (χ2n) is 7.21. The van der Waals surface area contributed by atoms with E-state index in [9.17, 15) is 13.2 Å². The number of guanidine groups is 1. The van der Waals surface area contributed by atoms with Gasteiger partial charge in [-0.25, -0.2) is 0 Å². The van der Waals surface area contributed by atoms with Crippen LogP contribution in [0.5, 0.6) is 5.75 Å². The maximum atomic E-state index is 13.0. The summed E-state index contributed by atoms with van der Waals surface area (Å²) in [5.41, 5.74) is 1.22. The Labute approximate surface area is 159 Å². The monoisotopic (exact) mass is 385 g/mol. The van der Waals surface area contributed by atoms with Gasteiger partial charge < -0.3 is 15.4 Å². The highest BCUT2D eigenvalue weighted by Gasteiger charge is 2.42.